The van der Waals surface area contributed by atoms with Crippen LogP contribution >= 0.6 is 0 Å². The largest absolute Gasteiger partial charge is 0.352 e. The van der Waals surface area contributed by atoms with Crippen molar-refractivity contribution in [3.8, 4) is 11.5 Å². The fourth-order valence-corrected chi connectivity index (χ4v) is 5.43. The molecule has 216 valence electrons. The van der Waals surface area contributed by atoms with Gasteiger partial charge in [0.15, 0.2) is 5.82 Å². The second-order valence-corrected chi connectivity index (χ2v) is 10.9. The topological polar surface area (TPSA) is 133 Å². The summed E-state index contributed by atoms with van der Waals surface area (Å²) in [6.45, 7) is 6.44. The first kappa shape index (κ1) is 27.7. The number of hydrogen-bond donors (Lipinski definition) is 4. The number of benzene rings is 1. The number of aryl methyl sites for hydroxylation is 1. The average molecular weight is 565 g/mol. The van der Waals surface area contributed by atoms with Crippen LogP contribution in [-0.4, -0.2) is 67.9 Å². The molecule has 1 amide bonds. The lowest BCUT2D eigenvalue weighted by Crippen LogP contribution is -2.46. The van der Waals surface area contributed by atoms with Gasteiger partial charge >= 0.3 is 0 Å². The highest BCUT2D eigenvalue weighted by Crippen LogP contribution is 2.22. The van der Waals surface area contributed by atoms with Crippen LogP contribution in [-0.2, 0) is 11.3 Å². The highest BCUT2D eigenvalue weighted by molar-refractivity contribution is 5.79. The lowest BCUT2D eigenvalue weighted by atomic mass is 9.96. The van der Waals surface area contributed by atoms with Crippen LogP contribution in [0, 0.1) is 12.8 Å². The molecule has 0 radical (unpaired) electrons. The second kappa shape index (κ2) is 13.0. The number of hydrogen-bond acceptors (Lipinski definition) is 10. The van der Waals surface area contributed by atoms with Crippen LogP contribution in [0.3, 0.4) is 0 Å². The minimum absolute atomic E-state index is 0.0615. The van der Waals surface area contributed by atoms with Crippen LogP contribution < -0.4 is 21.3 Å². The first-order valence-electron chi connectivity index (χ1n) is 14.5. The van der Waals surface area contributed by atoms with E-state index >= 15 is 0 Å². The minimum Gasteiger partial charge on any atom is -0.352 e. The Balaban J connectivity index is 1.03. The van der Waals surface area contributed by atoms with E-state index in [2.05, 4.69) is 63.2 Å². The Kier molecular flexibility index (Phi) is 8.57. The maximum atomic E-state index is 12.8. The highest BCUT2D eigenvalue weighted by Gasteiger charge is 2.28. The van der Waals surface area contributed by atoms with Crippen molar-refractivity contribution in [2.75, 3.05) is 36.8 Å². The normalized spacial score (nSPS) is 18.9. The molecule has 2 aliphatic rings. The lowest BCUT2D eigenvalue weighted by molar-refractivity contribution is -0.127. The van der Waals surface area contributed by atoms with Gasteiger partial charge in [-0.25, -0.2) is 19.9 Å². The highest BCUT2D eigenvalue weighted by atomic mass is 16.2. The van der Waals surface area contributed by atoms with E-state index in [0.29, 0.717) is 23.4 Å². The van der Waals surface area contributed by atoms with E-state index in [1.54, 1.807) is 24.5 Å². The predicted molar refractivity (Wildman–Crippen MR) is 162 cm³/mol. The molecule has 6 rings (SSSR count). The number of amides is 1. The molecule has 2 saturated heterocycles. The first-order valence-corrected chi connectivity index (χ1v) is 14.5. The van der Waals surface area contributed by atoms with Crippen molar-refractivity contribution in [3.05, 3.63) is 78.2 Å². The Morgan fingerprint density at radius 3 is 2.60 bits per heavy atom. The Bertz CT molecular complexity index is 1510. The van der Waals surface area contributed by atoms with Gasteiger partial charge in [-0.05, 0) is 81.2 Å². The molecule has 0 spiro atoms. The minimum atomic E-state index is 0.0615. The molecule has 2 atom stereocenters. The van der Waals surface area contributed by atoms with Gasteiger partial charge in [0.25, 0.3) is 0 Å². The summed E-state index contributed by atoms with van der Waals surface area (Å²) in [7, 11) is 0. The standard InChI is InChI=1S/C31H36N10O/c1-21-4-2-6-26(35-21)29-33-15-12-27(39-29)38-28-13-16-34-31(40-28)37-24-9-7-22(8-10-24)19-41-17-3-5-23(20-41)30(42)36-25-11-14-32-18-25/h2,4,6-10,12-13,15-16,23,25,32H,3,5,11,14,17-20H2,1H3,(H,36,42)(H2,33,34,37,38,39,40)/t23?,25-/m0/s1. The van der Waals surface area contributed by atoms with Gasteiger partial charge < -0.3 is 21.3 Å². The molecule has 1 unspecified atom stereocenters. The van der Waals surface area contributed by atoms with Gasteiger partial charge in [0.2, 0.25) is 11.9 Å². The zero-order chi connectivity index (χ0) is 28.7. The number of likely N-dealkylation sites (tertiary alicyclic amines) is 1. The van der Waals surface area contributed by atoms with Gasteiger partial charge in [0.05, 0.1) is 5.92 Å². The number of carbonyl (C=O) groups is 1. The zero-order valence-corrected chi connectivity index (χ0v) is 23.8. The van der Waals surface area contributed by atoms with Crippen molar-refractivity contribution in [1.82, 2.24) is 40.5 Å². The summed E-state index contributed by atoms with van der Waals surface area (Å²) >= 11 is 0. The summed E-state index contributed by atoms with van der Waals surface area (Å²) in [5.74, 6) is 2.51. The van der Waals surface area contributed by atoms with Crippen LogP contribution in [0.25, 0.3) is 11.5 Å². The molecule has 0 aliphatic carbocycles. The van der Waals surface area contributed by atoms with Crippen molar-refractivity contribution < 1.29 is 4.79 Å². The van der Waals surface area contributed by atoms with E-state index in [4.69, 9.17) is 0 Å². The van der Waals surface area contributed by atoms with Crippen LogP contribution in [0.1, 0.15) is 30.5 Å². The quantitative estimate of drug-likeness (QED) is 0.238. The summed E-state index contributed by atoms with van der Waals surface area (Å²) in [5.41, 5.74) is 3.73. The molecule has 11 heteroatoms. The van der Waals surface area contributed by atoms with Crippen molar-refractivity contribution >= 4 is 29.2 Å². The van der Waals surface area contributed by atoms with Gasteiger partial charge in [-0.1, -0.05) is 18.2 Å². The third-order valence-electron chi connectivity index (χ3n) is 7.58. The van der Waals surface area contributed by atoms with Gasteiger partial charge in [0.1, 0.15) is 17.3 Å². The Morgan fingerprint density at radius 2 is 1.79 bits per heavy atom. The smallest absolute Gasteiger partial charge is 0.229 e. The third kappa shape index (κ3) is 7.23. The molecule has 11 nitrogen and oxygen atoms in total. The van der Waals surface area contributed by atoms with Gasteiger partial charge in [-0.3, -0.25) is 9.69 Å². The van der Waals surface area contributed by atoms with Gasteiger partial charge in [-0.15, -0.1) is 0 Å². The zero-order valence-electron chi connectivity index (χ0n) is 23.8. The molecule has 4 aromatic rings. The van der Waals surface area contributed by atoms with Gasteiger partial charge in [-0.2, -0.15) is 4.98 Å². The maximum absolute atomic E-state index is 12.8. The number of nitrogens with one attached hydrogen (secondary N) is 4. The maximum Gasteiger partial charge on any atom is 0.229 e. The van der Waals surface area contributed by atoms with Crippen molar-refractivity contribution in [2.45, 2.75) is 38.8 Å². The monoisotopic (exact) mass is 564 g/mol. The summed E-state index contributed by atoms with van der Waals surface area (Å²) in [6.07, 6.45) is 6.42. The Hall–Kier alpha value is -4.48. The Labute approximate surface area is 245 Å². The second-order valence-electron chi connectivity index (χ2n) is 10.9. The van der Waals surface area contributed by atoms with E-state index in [-0.39, 0.29) is 17.9 Å². The van der Waals surface area contributed by atoms with E-state index in [9.17, 15) is 4.79 Å². The van der Waals surface area contributed by atoms with E-state index in [1.807, 2.05) is 37.3 Å². The molecule has 2 aliphatic heterocycles. The average Bonchev–Trinajstić information content (AvgIpc) is 3.52. The van der Waals surface area contributed by atoms with Crippen LogP contribution in [0.4, 0.5) is 23.3 Å². The predicted octanol–water partition coefficient (Wildman–Crippen LogP) is 3.81. The SMILES string of the molecule is Cc1cccc(-c2nccc(Nc3ccnc(Nc4ccc(CN5CCCC(C(=O)N[C@H]6CCNC6)C5)cc4)n3)n2)n1. The molecular formula is C31H36N10O. The molecule has 3 aromatic heterocycles. The molecule has 5 heterocycles. The summed E-state index contributed by atoms with van der Waals surface area (Å²) < 4.78 is 0. The number of piperidine rings is 1. The van der Waals surface area contributed by atoms with Gasteiger partial charge in [0, 0.05) is 49.5 Å². The molecular weight excluding hydrogens is 528 g/mol. The van der Waals surface area contributed by atoms with E-state index < -0.39 is 0 Å². The Morgan fingerprint density at radius 1 is 0.952 bits per heavy atom. The van der Waals surface area contributed by atoms with Crippen LogP contribution in [0.2, 0.25) is 0 Å². The molecule has 42 heavy (non-hydrogen) atoms. The van der Waals surface area contributed by atoms with Crippen molar-refractivity contribution in [2.24, 2.45) is 5.92 Å². The molecule has 0 saturated carbocycles. The molecule has 2 fully saturated rings. The van der Waals surface area contributed by atoms with Crippen LogP contribution in [0.5, 0.6) is 0 Å². The molecule has 4 N–H and O–H groups in total. The number of pyridine rings is 1. The molecule has 0 bridgehead atoms. The summed E-state index contributed by atoms with van der Waals surface area (Å²) in [4.78, 5) is 37.6. The summed E-state index contributed by atoms with van der Waals surface area (Å²) in [5, 5.41) is 13.1. The fraction of sp³-hybridized carbons (Fsp3) is 0.355. The van der Waals surface area contributed by atoms with Crippen LogP contribution in [0.15, 0.2) is 67.0 Å². The number of carbonyl (C=O) groups excluding carboxylic acids is 1. The number of rotatable bonds is 9. The van der Waals surface area contributed by atoms with Crippen molar-refractivity contribution in [3.63, 3.8) is 0 Å². The van der Waals surface area contributed by atoms with E-state index in [1.165, 1.54) is 5.56 Å². The lowest BCUT2D eigenvalue weighted by Gasteiger charge is -2.32. The first-order chi connectivity index (χ1) is 20.6. The van der Waals surface area contributed by atoms with Crippen molar-refractivity contribution in [1.29, 1.82) is 0 Å². The fourth-order valence-electron chi connectivity index (χ4n) is 5.43. The number of aromatic nitrogens is 5. The van der Waals surface area contributed by atoms with E-state index in [0.717, 1.165) is 69.1 Å². The third-order valence-corrected chi connectivity index (χ3v) is 7.58. The number of anilines is 4. The number of nitrogens with zero attached hydrogens (tertiary/aromatic N) is 6. The molecule has 1 aromatic carbocycles. The summed E-state index contributed by atoms with van der Waals surface area (Å²) in [6, 6.07) is 17.9.